The molecule has 9 nitrogen and oxygen atoms in total. The van der Waals surface area contributed by atoms with E-state index in [0.29, 0.717) is 56.8 Å². The lowest BCUT2D eigenvalue weighted by Gasteiger charge is -2.32. The molecule has 1 aromatic rings. The second-order valence-corrected chi connectivity index (χ2v) is 15.7. The van der Waals surface area contributed by atoms with E-state index in [4.69, 9.17) is 5.73 Å². The molecule has 282 valence electrons. The number of dihydropyridines is 1. The summed E-state index contributed by atoms with van der Waals surface area (Å²) in [5, 5.41) is 56.9. The van der Waals surface area contributed by atoms with E-state index in [2.05, 4.69) is 48.4 Å². The molecule has 50 heavy (non-hydrogen) atoms. The van der Waals surface area contributed by atoms with Crippen LogP contribution in [0.15, 0.2) is 41.8 Å². The quantitative estimate of drug-likeness (QED) is 0.0534. The summed E-state index contributed by atoms with van der Waals surface area (Å²) >= 11 is 0. The number of hydrogen-bond acceptors (Lipinski definition) is 7. The molecule has 0 spiro atoms. The van der Waals surface area contributed by atoms with E-state index >= 15 is 0 Å². The number of carboxylic acid groups (broad SMARTS) is 1. The van der Waals surface area contributed by atoms with Crippen LogP contribution >= 0.6 is 0 Å². The smallest absolute Gasteiger partial charge is 0.309 e. The number of aromatic amines is 1. The number of aliphatic carboxylic acids is 1. The first kappa shape index (κ1) is 40.2. The highest BCUT2D eigenvalue weighted by Gasteiger charge is 2.46. The lowest BCUT2D eigenvalue weighted by molar-refractivity contribution is -0.146. The van der Waals surface area contributed by atoms with Crippen molar-refractivity contribution in [3.05, 3.63) is 58.7 Å². The van der Waals surface area contributed by atoms with Crippen LogP contribution in [0.25, 0.3) is 0 Å². The number of rotatable bonds is 22. The number of aryl methyl sites for hydroxylation is 1. The molecule has 2 heterocycles. The average molecular weight is 698 g/mol. The summed E-state index contributed by atoms with van der Waals surface area (Å²) < 4.78 is 0. The van der Waals surface area contributed by atoms with Crippen LogP contribution in [0.4, 0.5) is 0 Å². The van der Waals surface area contributed by atoms with Crippen molar-refractivity contribution in [2.75, 3.05) is 13.2 Å². The summed E-state index contributed by atoms with van der Waals surface area (Å²) in [5.74, 6) is -0.364. The van der Waals surface area contributed by atoms with Crippen molar-refractivity contribution in [1.29, 1.82) is 0 Å². The minimum atomic E-state index is -1.04. The van der Waals surface area contributed by atoms with Crippen LogP contribution in [0.2, 0.25) is 0 Å². The number of carbonyl (C=O) groups is 1. The fraction of sp³-hybridized carbons (Fsp3) is 0.732. The van der Waals surface area contributed by atoms with Gasteiger partial charge in [0.25, 0.3) is 0 Å². The molecule has 1 fully saturated rings. The zero-order chi connectivity index (χ0) is 36.1. The van der Waals surface area contributed by atoms with Gasteiger partial charge in [-0.3, -0.25) is 4.79 Å². The van der Waals surface area contributed by atoms with Crippen molar-refractivity contribution in [3.63, 3.8) is 0 Å². The Morgan fingerprint density at radius 3 is 2.56 bits per heavy atom. The summed E-state index contributed by atoms with van der Waals surface area (Å²) in [5.41, 5.74) is 9.44. The third-order valence-corrected chi connectivity index (χ3v) is 11.9. The first-order chi connectivity index (χ1) is 24.0. The van der Waals surface area contributed by atoms with Gasteiger partial charge in [0.2, 0.25) is 0 Å². The van der Waals surface area contributed by atoms with Gasteiger partial charge in [-0.25, -0.2) is 0 Å². The van der Waals surface area contributed by atoms with Gasteiger partial charge in [-0.1, -0.05) is 70.6 Å². The SMILES string of the molecule is CCCCCC1C=CC(CCCCCC(C(=O)O)C(O)CCC2(O)CC(CC3=CCNC(N)=C3)CC2Cc2cc(CC)c(CCO)[nH]2)C(O)C1. The summed E-state index contributed by atoms with van der Waals surface area (Å²) in [6.07, 6.45) is 21.6. The van der Waals surface area contributed by atoms with Gasteiger partial charge in [-0.2, -0.15) is 0 Å². The van der Waals surface area contributed by atoms with E-state index in [-0.39, 0.29) is 36.9 Å². The number of nitrogens with one attached hydrogen (secondary N) is 2. The Bertz CT molecular complexity index is 1290. The second kappa shape index (κ2) is 19.9. The monoisotopic (exact) mass is 698 g/mol. The van der Waals surface area contributed by atoms with Crippen LogP contribution in [0.3, 0.4) is 0 Å². The van der Waals surface area contributed by atoms with Crippen molar-refractivity contribution < 1.29 is 30.3 Å². The lowest BCUT2D eigenvalue weighted by Crippen LogP contribution is -2.37. The molecule has 0 aromatic carbocycles. The van der Waals surface area contributed by atoms with Crippen LogP contribution in [0, 0.1) is 29.6 Å². The van der Waals surface area contributed by atoms with Gasteiger partial charge in [0, 0.05) is 36.9 Å². The molecule has 8 atom stereocenters. The van der Waals surface area contributed by atoms with Gasteiger partial charge in [-0.05, 0) is 112 Å². The maximum atomic E-state index is 12.3. The topological polar surface area (TPSA) is 172 Å². The molecular weight excluding hydrogens is 630 g/mol. The van der Waals surface area contributed by atoms with Crippen molar-refractivity contribution in [3.8, 4) is 0 Å². The maximum absolute atomic E-state index is 12.3. The fourth-order valence-electron chi connectivity index (χ4n) is 8.98. The molecule has 1 saturated carbocycles. The minimum absolute atomic E-state index is 0.0484. The van der Waals surface area contributed by atoms with E-state index in [1.165, 1.54) is 30.4 Å². The van der Waals surface area contributed by atoms with Gasteiger partial charge < -0.3 is 41.6 Å². The number of aliphatic hydroxyl groups is 4. The molecule has 0 saturated heterocycles. The number of nitrogens with two attached hydrogens (primary N) is 1. The zero-order valence-corrected chi connectivity index (χ0v) is 30.8. The summed E-state index contributed by atoms with van der Waals surface area (Å²) in [6.45, 7) is 5.08. The molecule has 4 rings (SSSR count). The first-order valence-corrected chi connectivity index (χ1v) is 19.7. The lowest BCUT2D eigenvalue weighted by atomic mass is 9.80. The zero-order valence-electron chi connectivity index (χ0n) is 30.8. The number of H-pyrrole nitrogens is 1. The molecule has 8 unspecified atom stereocenters. The summed E-state index contributed by atoms with van der Waals surface area (Å²) in [7, 11) is 0. The predicted octanol–water partition coefficient (Wildman–Crippen LogP) is 6.06. The molecule has 2 aliphatic carbocycles. The number of aliphatic hydroxyl groups excluding tert-OH is 3. The molecule has 3 aliphatic rings. The average Bonchev–Trinajstić information content (AvgIpc) is 3.61. The first-order valence-electron chi connectivity index (χ1n) is 19.7. The number of unbranched alkanes of at least 4 members (excludes halogenated alkanes) is 4. The van der Waals surface area contributed by atoms with Gasteiger partial charge in [0.15, 0.2) is 0 Å². The van der Waals surface area contributed by atoms with Crippen molar-refractivity contribution in [2.24, 2.45) is 35.3 Å². The van der Waals surface area contributed by atoms with Gasteiger partial charge in [-0.15, -0.1) is 0 Å². The standard InChI is InChI=1S/C41H67N3O6/c1-3-5-7-10-28-13-14-32(38(47)23-28)11-8-6-9-12-35(40(48)49)37(46)15-18-41(50)27-30(21-29-16-19-43-39(42)24-29)22-33(41)26-34-25-31(4-2)36(44-34)17-20-45/h13-14,16,24-25,28,30,32-33,35,37-38,43-47,50H,3-12,15,17-23,26-27,42H2,1-2H3,(H,48,49). The van der Waals surface area contributed by atoms with Crippen molar-refractivity contribution in [1.82, 2.24) is 10.3 Å². The van der Waals surface area contributed by atoms with E-state index in [9.17, 15) is 30.3 Å². The van der Waals surface area contributed by atoms with E-state index < -0.39 is 23.6 Å². The van der Waals surface area contributed by atoms with Gasteiger partial charge in [0.1, 0.15) is 0 Å². The number of carboxylic acids is 1. The number of allylic oxidation sites excluding steroid dienone is 3. The Morgan fingerprint density at radius 2 is 1.86 bits per heavy atom. The van der Waals surface area contributed by atoms with Gasteiger partial charge >= 0.3 is 5.97 Å². The van der Waals surface area contributed by atoms with E-state index in [1.54, 1.807) is 0 Å². The van der Waals surface area contributed by atoms with Crippen LogP contribution in [-0.4, -0.2) is 67.4 Å². The highest BCUT2D eigenvalue weighted by atomic mass is 16.4. The van der Waals surface area contributed by atoms with Crippen LogP contribution in [-0.2, 0) is 24.1 Å². The third-order valence-electron chi connectivity index (χ3n) is 11.9. The van der Waals surface area contributed by atoms with Crippen molar-refractivity contribution in [2.45, 2.75) is 147 Å². The predicted molar refractivity (Wildman–Crippen MR) is 199 cm³/mol. The normalized spacial score (nSPS) is 27.8. The maximum Gasteiger partial charge on any atom is 0.309 e. The Balaban J connectivity index is 1.31. The molecule has 0 amide bonds. The van der Waals surface area contributed by atoms with Crippen LogP contribution in [0.1, 0.15) is 127 Å². The Labute approximate surface area is 300 Å². The highest BCUT2D eigenvalue weighted by molar-refractivity contribution is 5.70. The molecule has 1 aliphatic heterocycles. The molecule has 0 bridgehead atoms. The van der Waals surface area contributed by atoms with Gasteiger partial charge in [0.05, 0.1) is 29.5 Å². The summed E-state index contributed by atoms with van der Waals surface area (Å²) in [4.78, 5) is 15.8. The molecule has 9 N–H and O–H groups in total. The Kier molecular flexibility index (Phi) is 16.0. The molecule has 1 aromatic heterocycles. The number of aromatic nitrogens is 1. The highest BCUT2D eigenvalue weighted by Crippen LogP contribution is 2.47. The number of hydrogen-bond donors (Lipinski definition) is 8. The Morgan fingerprint density at radius 1 is 1.06 bits per heavy atom. The van der Waals surface area contributed by atoms with Crippen LogP contribution in [0.5, 0.6) is 0 Å². The molecule has 9 heteroatoms. The molecule has 0 radical (unpaired) electrons. The van der Waals surface area contributed by atoms with E-state index in [0.717, 1.165) is 62.8 Å². The van der Waals surface area contributed by atoms with E-state index in [1.807, 2.05) is 6.08 Å². The second-order valence-electron chi connectivity index (χ2n) is 15.7. The van der Waals surface area contributed by atoms with Crippen molar-refractivity contribution >= 4 is 5.97 Å². The fourth-order valence-corrected chi connectivity index (χ4v) is 8.98. The minimum Gasteiger partial charge on any atom is -0.481 e. The largest absolute Gasteiger partial charge is 0.481 e. The Hall–Kier alpha value is -2.59. The van der Waals surface area contributed by atoms with Crippen LogP contribution < -0.4 is 11.1 Å². The molecular formula is C41H67N3O6. The third kappa shape index (κ3) is 11.7. The summed E-state index contributed by atoms with van der Waals surface area (Å²) in [6, 6.07) is 2.16.